The number of benzene rings is 2. The molecule has 4 nitrogen and oxygen atoms in total. The van der Waals surface area contributed by atoms with Crippen LogP contribution in [-0.4, -0.2) is 30.1 Å². The van der Waals surface area contributed by atoms with E-state index in [1.807, 2.05) is 30.3 Å². The van der Waals surface area contributed by atoms with Crippen LogP contribution in [0.1, 0.15) is 24.0 Å². The van der Waals surface area contributed by atoms with Crippen molar-refractivity contribution in [1.29, 1.82) is 5.26 Å². The Morgan fingerprint density at radius 1 is 1.12 bits per heavy atom. The van der Waals surface area contributed by atoms with Crippen LogP contribution in [0.5, 0.6) is 5.75 Å². The molecule has 1 aliphatic heterocycles. The van der Waals surface area contributed by atoms with Crippen molar-refractivity contribution in [3.63, 3.8) is 0 Å². The number of rotatable bonds is 4. The molecule has 1 saturated heterocycles. The van der Waals surface area contributed by atoms with Gasteiger partial charge in [-0.25, -0.2) is 0 Å². The predicted molar refractivity (Wildman–Crippen MR) is 99.5 cm³/mol. The molecule has 0 atom stereocenters. The summed E-state index contributed by atoms with van der Waals surface area (Å²) in [5.41, 5.74) is 5.36. The third-order valence-electron chi connectivity index (χ3n) is 5.00. The van der Waals surface area contributed by atoms with E-state index in [4.69, 9.17) is 10.00 Å². The van der Waals surface area contributed by atoms with Crippen LogP contribution < -0.4 is 4.74 Å². The number of aromatic nitrogens is 1. The molecule has 1 aliphatic rings. The van der Waals surface area contributed by atoms with Gasteiger partial charge in [0.05, 0.1) is 24.4 Å². The minimum absolute atomic E-state index is 0.683. The van der Waals surface area contributed by atoms with Gasteiger partial charge in [-0.2, -0.15) is 5.26 Å². The fourth-order valence-corrected chi connectivity index (χ4v) is 3.64. The maximum absolute atomic E-state index is 9.04. The number of H-pyrrole nitrogens is 1. The molecule has 2 aromatic carbocycles. The minimum atomic E-state index is 0.683. The van der Waals surface area contributed by atoms with Gasteiger partial charge in [-0.3, -0.25) is 4.90 Å². The van der Waals surface area contributed by atoms with Gasteiger partial charge in [-0.15, -0.1) is 0 Å². The van der Waals surface area contributed by atoms with Gasteiger partial charge in [-0.05, 0) is 67.4 Å². The van der Waals surface area contributed by atoms with Gasteiger partial charge in [0.1, 0.15) is 5.75 Å². The van der Waals surface area contributed by atoms with Gasteiger partial charge >= 0.3 is 0 Å². The van der Waals surface area contributed by atoms with Crippen molar-refractivity contribution < 1.29 is 4.74 Å². The van der Waals surface area contributed by atoms with Crippen molar-refractivity contribution >= 4 is 10.9 Å². The number of nitrogens with zero attached hydrogens (tertiary/aromatic N) is 2. The average molecular weight is 331 g/mol. The highest BCUT2D eigenvalue weighted by molar-refractivity contribution is 5.91. The maximum atomic E-state index is 9.04. The molecule has 0 aliphatic carbocycles. The SMILES string of the molecule is COc1ccc2[nH]c(-c3ccc(C#N)cc3)c(CN3CCCC3)c2c1. The minimum Gasteiger partial charge on any atom is -0.497 e. The molecule has 0 amide bonds. The molecule has 4 rings (SSSR count). The summed E-state index contributed by atoms with van der Waals surface area (Å²) in [6, 6.07) is 16.2. The van der Waals surface area contributed by atoms with Crippen molar-refractivity contribution in [2.75, 3.05) is 20.2 Å². The van der Waals surface area contributed by atoms with E-state index >= 15 is 0 Å². The molecule has 0 unspecified atom stereocenters. The summed E-state index contributed by atoms with van der Waals surface area (Å²) in [4.78, 5) is 6.09. The lowest BCUT2D eigenvalue weighted by Crippen LogP contribution is -2.18. The second-order valence-corrected chi connectivity index (χ2v) is 6.56. The van der Waals surface area contributed by atoms with Crippen LogP contribution in [0, 0.1) is 11.3 Å². The molecule has 1 fully saturated rings. The molecular formula is C21H21N3O. The van der Waals surface area contributed by atoms with E-state index < -0.39 is 0 Å². The van der Waals surface area contributed by atoms with Crippen LogP contribution in [0.4, 0.5) is 0 Å². The van der Waals surface area contributed by atoms with E-state index in [1.54, 1.807) is 7.11 Å². The normalized spacial score (nSPS) is 14.7. The van der Waals surface area contributed by atoms with Crippen LogP contribution in [0.2, 0.25) is 0 Å². The maximum Gasteiger partial charge on any atom is 0.119 e. The first-order valence-corrected chi connectivity index (χ1v) is 8.70. The highest BCUT2D eigenvalue weighted by Crippen LogP contribution is 2.34. The lowest BCUT2D eigenvalue weighted by atomic mass is 10.0. The monoisotopic (exact) mass is 331 g/mol. The Labute approximate surface area is 147 Å². The van der Waals surface area contributed by atoms with Gasteiger partial charge in [0.2, 0.25) is 0 Å². The number of nitrogens with one attached hydrogen (secondary N) is 1. The quantitative estimate of drug-likeness (QED) is 0.775. The lowest BCUT2D eigenvalue weighted by molar-refractivity contribution is 0.333. The molecule has 0 bridgehead atoms. The molecule has 0 radical (unpaired) electrons. The summed E-state index contributed by atoms with van der Waals surface area (Å²) in [5.74, 6) is 0.876. The largest absolute Gasteiger partial charge is 0.497 e. The van der Waals surface area contributed by atoms with E-state index in [1.165, 1.54) is 23.8 Å². The number of fused-ring (bicyclic) bond motifs is 1. The Balaban J connectivity index is 1.84. The van der Waals surface area contributed by atoms with E-state index in [2.05, 4.69) is 28.1 Å². The topological polar surface area (TPSA) is 52.1 Å². The van der Waals surface area contributed by atoms with Gasteiger partial charge in [0.15, 0.2) is 0 Å². The fraction of sp³-hybridized carbons (Fsp3) is 0.286. The van der Waals surface area contributed by atoms with Crippen LogP contribution >= 0.6 is 0 Å². The summed E-state index contributed by atoms with van der Waals surface area (Å²) in [5, 5.41) is 10.3. The van der Waals surface area contributed by atoms with Crippen LogP contribution in [0.15, 0.2) is 42.5 Å². The Bertz CT molecular complexity index is 928. The van der Waals surface area contributed by atoms with E-state index in [9.17, 15) is 0 Å². The van der Waals surface area contributed by atoms with Crippen LogP contribution in [-0.2, 0) is 6.54 Å². The highest BCUT2D eigenvalue weighted by atomic mass is 16.5. The van der Waals surface area contributed by atoms with Gasteiger partial charge in [0.25, 0.3) is 0 Å². The van der Waals surface area contributed by atoms with Crippen molar-refractivity contribution in [3.8, 4) is 23.1 Å². The van der Waals surface area contributed by atoms with E-state index in [0.717, 1.165) is 42.2 Å². The molecule has 1 aromatic heterocycles. The molecule has 25 heavy (non-hydrogen) atoms. The van der Waals surface area contributed by atoms with Crippen molar-refractivity contribution in [2.24, 2.45) is 0 Å². The van der Waals surface area contributed by atoms with E-state index in [-0.39, 0.29) is 0 Å². The molecule has 126 valence electrons. The second kappa shape index (κ2) is 6.62. The Morgan fingerprint density at radius 3 is 2.56 bits per heavy atom. The number of nitriles is 1. The molecular weight excluding hydrogens is 310 g/mol. The third-order valence-corrected chi connectivity index (χ3v) is 5.00. The van der Waals surface area contributed by atoms with Gasteiger partial charge in [-0.1, -0.05) is 12.1 Å². The van der Waals surface area contributed by atoms with Crippen molar-refractivity contribution in [2.45, 2.75) is 19.4 Å². The number of aromatic amines is 1. The standard InChI is InChI=1S/C21H21N3O/c1-25-17-8-9-20-18(12-17)19(14-24-10-2-3-11-24)21(23-20)16-6-4-15(13-22)5-7-16/h4-9,12,23H,2-3,10-11,14H2,1H3. The Morgan fingerprint density at radius 2 is 1.88 bits per heavy atom. The van der Waals surface area contributed by atoms with Crippen LogP contribution in [0.25, 0.3) is 22.2 Å². The lowest BCUT2D eigenvalue weighted by Gasteiger charge is -2.16. The summed E-state index contributed by atoms with van der Waals surface area (Å²) < 4.78 is 5.43. The average Bonchev–Trinajstić information content (AvgIpc) is 3.30. The summed E-state index contributed by atoms with van der Waals surface area (Å²) in [6.45, 7) is 3.25. The number of likely N-dealkylation sites (tertiary alicyclic amines) is 1. The molecule has 0 saturated carbocycles. The summed E-state index contributed by atoms with van der Waals surface area (Å²) in [7, 11) is 1.70. The zero-order valence-electron chi connectivity index (χ0n) is 14.4. The molecule has 1 N–H and O–H groups in total. The molecule has 3 aromatic rings. The zero-order chi connectivity index (χ0) is 17.2. The highest BCUT2D eigenvalue weighted by Gasteiger charge is 2.19. The smallest absolute Gasteiger partial charge is 0.119 e. The first-order chi connectivity index (χ1) is 12.3. The number of hydrogen-bond donors (Lipinski definition) is 1. The Hall–Kier alpha value is -2.77. The van der Waals surface area contributed by atoms with Crippen molar-refractivity contribution in [3.05, 3.63) is 53.6 Å². The van der Waals surface area contributed by atoms with Gasteiger partial charge < -0.3 is 9.72 Å². The first-order valence-electron chi connectivity index (χ1n) is 8.70. The second-order valence-electron chi connectivity index (χ2n) is 6.56. The van der Waals surface area contributed by atoms with Crippen molar-refractivity contribution in [1.82, 2.24) is 9.88 Å². The number of methoxy groups -OCH3 is 1. The molecule has 2 heterocycles. The predicted octanol–water partition coefficient (Wildman–Crippen LogP) is 4.31. The van der Waals surface area contributed by atoms with E-state index in [0.29, 0.717) is 5.56 Å². The zero-order valence-corrected chi connectivity index (χ0v) is 14.4. The summed E-state index contributed by atoms with van der Waals surface area (Å²) in [6.07, 6.45) is 2.55. The third kappa shape index (κ3) is 2.99. The molecule has 4 heteroatoms. The Kier molecular flexibility index (Phi) is 4.17. The number of hydrogen-bond acceptors (Lipinski definition) is 3. The summed E-state index contributed by atoms with van der Waals surface area (Å²) >= 11 is 0. The first kappa shape index (κ1) is 15.7. The van der Waals surface area contributed by atoms with Gasteiger partial charge in [0, 0.05) is 17.4 Å². The molecule has 0 spiro atoms. The fourth-order valence-electron chi connectivity index (χ4n) is 3.64. The van der Waals surface area contributed by atoms with Crippen LogP contribution in [0.3, 0.4) is 0 Å². The number of ether oxygens (including phenoxy) is 1.